The van der Waals surface area contributed by atoms with Crippen LogP contribution in [-0.4, -0.2) is 53.5 Å². The second-order valence-electron chi connectivity index (χ2n) is 6.92. The lowest BCUT2D eigenvalue weighted by Gasteiger charge is -2.31. The maximum atomic E-state index is 12.6. The van der Waals surface area contributed by atoms with Crippen LogP contribution in [-0.2, 0) is 11.3 Å². The average Bonchev–Trinajstić information content (AvgIpc) is 3.17. The smallest absolute Gasteiger partial charge is 0.341 e. The molecule has 1 N–H and O–H groups in total. The summed E-state index contributed by atoms with van der Waals surface area (Å²) in [6.07, 6.45) is 3.37. The van der Waals surface area contributed by atoms with Crippen LogP contribution < -0.4 is 10.2 Å². The summed E-state index contributed by atoms with van der Waals surface area (Å²) >= 11 is 6.63. The van der Waals surface area contributed by atoms with Crippen LogP contribution in [0.25, 0.3) is 11.0 Å². The van der Waals surface area contributed by atoms with Crippen LogP contribution in [0.3, 0.4) is 0 Å². The highest BCUT2D eigenvalue weighted by molar-refractivity contribution is 6.20. The summed E-state index contributed by atoms with van der Waals surface area (Å²) in [5.74, 6) is -0.359. The molecule has 8 heteroatoms. The van der Waals surface area contributed by atoms with Gasteiger partial charge in [-0.3, -0.25) is 0 Å². The van der Waals surface area contributed by atoms with Gasteiger partial charge in [-0.2, -0.15) is 5.10 Å². The first-order chi connectivity index (χ1) is 14.2. The molecule has 0 spiro atoms. The Morgan fingerprint density at radius 1 is 1.24 bits per heavy atom. The van der Waals surface area contributed by atoms with Crippen molar-refractivity contribution < 1.29 is 9.53 Å². The number of carbonyl (C=O) groups is 1. The molecule has 1 saturated heterocycles. The minimum Gasteiger partial charge on any atom is -0.462 e. The Balaban J connectivity index is 1.73. The Labute approximate surface area is 174 Å². The molecule has 152 valence electrons. The van der Waals surface area contributed by atoms with Gasteiger partial charge in [0.2, 0.25) is 0 Å². The largest absolute Gasteiger partial charge is 0.462 e. The van der Waals surface area contributed by atoms with Gasteiger partial charge in [-0.15, -0.1) is 11.6 Å². The van der Waals surface area contributed by atoms with Gasteiger partial charge in [0, 0.05) is 32.4 Å². The topological polar surface area (TPSA) is 72.3 Å². The number of halogens is 1. The van der Waals surface area contributed by atoms with Crippen LogP contribution in [0.2, 0.25) is 0 Å². The number of anilines is 1. The summed E-state index contributed by atoms with van der Waals surface area (Å²) in [6.45, 7) is 5.94. The molecule has 3 heterocycles. The lowest BCUT2D eigenvalue weighted by atomic mass is 10.1. The van der Waals surface area contributed by atoms with E-state index in [1.807, 2.05) is 30.3 Å². The summed E-state index contributed by atoms with van der Waals surface area (Å²) in [6, 6.07) is 9.91. The maximum Gasteiger partial charge on any atom is 0.341 e. The Kier molecular flexibility index (Phi) is 5.97. The number of rotatable bonds is 6. The molecular formula is C21H24ClN5O2. The number of aromatic nitrogens is 3. The highest BCUT2D eigenvalue weighted by Gasteiger charge is 2.25. The molecule has 3 aromatic rings. The van der Waals surface area contributed by atoms with Crippen molar-refractivity contribution in [3.05, 3.63) is 53.9 Å². The van der Waals surface area contributed by atoms with E-state index >= 15 is 0 Å². The molecule has 2 aromatic heterocycles. The van der Waals surface area contributed by atoms with E-state index in [2.05, 4.69) is 20.3 Å². The molecule has 1 aliphatic heterocycles. The van der Waals surface area contributed by atoms with Crippen molar-refractivity contribution >= 4 is 34.3 Å². The number of nitrogens with zero attached hydrogens (tertiary/aromatic N) is 4. The maximum absolute atomic E-state index is 12.6. The van der Waals surface area contributed by atoms with E-state index in [9.17, 15) is 4.79 Å². The molecule has 4 rings (SSSR count). The van der Waals surface area contributed by atoms with Crippen molar-refractivity contribution in [1.29, 1.82) is 0 Å². The van der Waals surface area contributed by atoms with Crippen LogP contribution in [0.5, 0.6) is 0 Å². The van der Waals surface area contributed by atoms with Gasteiger partial charge in [0.1, 0.15) is 5.56 Å². The molecule has 0 aliphatic carbocycles. The molecule has 1 aromatic carbocycles. The Hall–Kier alpha value is -2.64. The Bertz CT molecular complexity index is 985. The monoisotopic (exact) mass is 413 g/mol. The van der Waals surface area contributed by atoms with Crippen LogP contribution in [0.4, 0.5) is 5.69 Å². The normalized spacial score (nSPS) is 15.4. The number of benzene rings is 1. The molecule has 0 saturated carbocycles. The number of hydrogen-bond acceptors (Lipinski definition) is 6. The van der Waals surface area contributed by atoms with E-state index in [1.54, 1.807) is 24.0 Å². The molecule has 1 atom stereocenters. The zero-order valence-corrected chi connectivity index (χ0v) is 17.1. The fourth-order valence-corrected chi connectivity index (χ4v) is 3.93. The quantitative estimate of drug-likeness (QED) is 0.494. The number of pyridine rings is 1. The van der Waals surface area contributed by atoms with Crippen molar-refractivity contribution in [3.63, 3.8) is 0 Å². The molecule has 29 heavy (non-hydrogen) atoms. The fraction of sp³-hybridized carbons (Fsp3) is 0.381. The Morgan fingerprint density at radius 3 is 2.72 bits per heavy atom. The van der Waals surface area contributed by atoms with E-state index in [-0.39, 0.29) is 11.3 Å². The zero-order chi connectivity index (χ0) is 20.2. The number of esters is 1. The zero-order valence-electron chi connectivity index (χ0n) is 16.3. The third kappa shape index (κ3) is 4.06. The van der Waals surface area contributed by atoms with E-state index < -0.39 is 0 Å². The number of fused-ring (bicyclic) bond motifs is 1. The Morgan fingerprint density at radius 2 is 2.00 bits per heavy atom. The van der Waals surface area contributed by atoms with Gasteiger partial charge < -0.3 is 15.0 Å². The second-order valence-corrected chi connectivity index (χ2v) is 7.45. The van der Waals surface area contributed by atoms with Crippen molar-refractivity contribution in [2.75, 3.05) is 37.7 Å². The van der Waals surface area contributed by atoms with Gasteiger partial charge >= 0.3 is 5.97 Å². The van der Waals surface area contributed by atoms with E-state index in [1.165, 1.54) is 0 Å². The molecule has 0 radical (unpaired) electrons. The molecule has 0 amide bonds. The second kappa shape index (κ2) is 8.80. The standard InChI is InChI=1S/C21H24ClN5O2/c1-2-29-21(28)17-12-24-20-16(19(17)26-10-8-23-9-11-26)13-25-27(20)14-18(22)15-6-4-3-5-7-15/h3-7,12-13,18,23H,2,8-11,14H2,1H3. The summed E-state index contributed by atoms with van der Waals surface area (Å²) in [5, 5.41) is 8.50. The first-order valence-electron chi connectivity index (χ1n) is 9.85. The fourth-order valence-electron chi connectivity index (χ4n) is 3.65. The summed E-state index contributed by atoms with van der Waals surface area (Å²) in [7, 11) is 0. The molecule has 0 bridgehead atoms. The van der Waals surface area contributed by atoms with Crippen molar-refractivity contribution in [2.24, 2.45) is 0 Å². The van der Waals surface area contributed by atoms with E-state index in [0.717, 1.165) is 42.8 Å². The number of alkyl halides is 1. The van der Waals surface area contributed by atoms with Crippen LogP contribution in [0, 0.1) is 0 Å². The molecular weight excluding hydrogens is 390 g/mol. The van der Waals surface area contributed by atoms with Gasteiger partial charge in [0.05, 0.1) is 35.8 Å². The summed E-state index contributed by atoms with van der Waals surface area (Å²) in [4.78, 5) is 19.3. The van der Waals surface area contributed by atoms with E-state index in [0.29, 0.717) is 24.4 Å². The summed E-state index contributed by atoms with van der Waals surface area (Å²) in [5.41, 5.74) is 3.06. The highest BCUT2D eigenvalue weighted by Crippen LogP contribution is 2.32. The van der Waals surface area contributed by atoms with Gasteiger partial charge in [-0.25, -0.2) is 14.5 Å². The predicted molar refractivity (Wildman–Crippen MR) is 114 cm³/mol. The van der Waals surface area contributed by atoms with E-state index in [4.69, 9.17) is 16.3 Å². The lowest BCUT2D eigenvalue weighted by Crippen LogP contribution is -2.44. The molecule has 7 nitrogen and oxygen atoms in total. The number of nitrogens with one attached hydrogen (secondary N) is 1. The molecule has 1 fully saturated rings. The number of carbonyl (C=O) groups excluding carboxylic acids is 1. The van der Waals surface area contributed by atoms with Gasteiger partial charge in [0.15, 0.2) is 5.65 Å². The van der Waals surface area contributed by atoms with Crippen molar-refractivity contribution in [3.8, 4) is 0 Å². The van der Waals surface area contributed by atoms with Crippen molar-refractivity contribution in [1.82, 2.24) is 20.1 Å². The first kappa shape index (κ1) is 19.7. The molecule has 1 unspecified atom stereocenters. The number of hydrogen-bond donors (Lipinski definition) is 1. The van der Waals surface area contributed by atoms with Gasteiger partial charge in [-0.05, 0) is 12.5 Å². The highest BCUT2D eigenvalue weighted by atomic mass is 35.5. The number of piperazine rings is 1. The average molecular weight is 414 g/mol. The lowest BCUT2D eigenvalue weighted by molar-refractivity contribution is 0.0526. The third-order valence-electron chi connectivity index (χ3n) is 5.06. The third-order valence-corrected chi connectivity index (χ3v) is 5.45. The first-order valence-corrected chi connectivity index (χ1v) is 10.3. The van der Waals surface area contributed by atoms with Crippen LogP contribution in [0.1, 0.15) is 28.2 Å². The minimum absolute atomic E-state index is 0.228. The van der Waals surface area contributed by atoms with Gasteiger partial charge in [0.25, 0.3) is 0 Å². The summed E-state index contributed by atoms with van der Waals surface area (Å²) < 4.78 is 7.07. The van der Waals surface area contributed by atoms with Gasteiger partial charge in [-0.1, -0.05) is 30.3 Å². The van der Waals surface area contributed by atoms with Crippen LogP contribution in [0.15, 0.2) is 42.7 Å². The predicted octanol–water partition coefficient (Wildman–Crippen LogP) is 3.00. The molecule has 1 aliphatic rings. The SMILES string of the molecule is CCOC(=O)c1cnc2c(cnn2CC(Cl)c2ccccc2)c1N1CCNCC1. The number of ether oxygens (including phenoxy) is 1. The van der Waals surface area contributed by atoms with Crippen LogP contribution >= 0.6 is 11.6 Å². The van der Waals surface area contributed by atoms with Crippen molar-refractivity contribution in [2.45, 2.75) is 18.8 Å². The minimum atomic E-state index is -0.359.